The smallest absolute Gasteiger partial charge is 0.267 e. The standard InChI is InChI=1S/C24H23N5O2/c30-23(11-17-7-3-6-16-5-1-2-8-20(16)17)28-22-14-29(15-26-22)19-12-18(13-19)27-24(31)21-9-4-10-25-21/h1-10,14-15,18-19,25H,11-13H2,(H,27,31)(H,28,30). The summed E-state index contributed by atoms with van der Waals surface area (Å²) in [6.07, 6.45) is 7.30. The van der Waals surface area contributed by atoms with Crippen molar-refractivity contribution in [3.8, 4) is 0 Å². The molecule has 7 heteroatoms. The van der Waals surface area contributed by atoms with Crippen LogP contribution in [0.5, 0.6) is 0 Å². The second-order valence-corrected chi connectivity index (χ2v) is 7.95. The number of carbonyl (C=O) groups is 2. The minimum atomic E-state index is -0.0914. The molecular formula is C24H23N5O2. The molecule has 2 heterocycles. The highest BCUT2D eigenvalue weighted by atomic mass is 16.2. The van der Waals surface area contributed by atoms with Gasteiger partial charge in [0, 0.05) is 24.5 Å². The molecule has 1 aliphatic carbocycles. The summed E-state index contributed by atoms with van der Waals surface area (Å²) in [5, 5.41) is 8.14. The number of amides is 2. The number of imidazole rings is 1. The zero-order chi connectivity index (χ0) is 21.2. The van der Waals surface area contributed by atoms with Gasteiger partial charge in [-0.15, -0.1) is 0 Å². The van der Waals surface area contributed by atoms with Crippen LogP contribution < -0.4 is 10.6 Å². The van der Waals surface area contributed by atoms with E-state index in [2.05, 4.69) is 20.6 Å². The normalized spacial score (nSPS) is 17.8. The molecule has 2 aromatic heterocycles. The number of nitrogens with one attached hydrogen (secondary N) is 3. The highest BCUT2D eigenvalue weighted by Gasteiger charge is 2.32. The molecule has 0 aliphatic heterocycles. The van der Waals surface area contributed by atoms with Crippen molar-refractivity contribution in [1.29, 1.82) is 0 Å². The Bertz CT molecular complexity index is 1220. The minimum absolute atomic E-state index is 0.0829. The number of fused-ring (bicyclic) bond motifs is 1. The monoisotopic (exact) mass is 413 g/mol. The largest absolute Gasteiger partial charge is 0.357 e. The van der Waals surface area contributed by atoms with Crippen molar-refractivity contribution < 1.29 is 9.59 Å². The number of anilines is 1. The summed E-state index contributed by atoms with van der Waals surface area (Å²) in [6, 6.07) is 18.0. The first-order valence-corrected chi connectivity index (χ1v) is 10.4. The van der Waals surface area contributed by atoms with Crippen LogP contribution in [0.3, 0.4) is 0 Å². The molecule has 0 radical (unpaired) electrons. The molecule has 1 aliphatic rings. The first kappa shape index (κ1) is 19.1. The number of benzene rings is 2. The molecular weight excluding hydrogens is 390 g/mol. The summed E-state index contributed by atoms with van der Waals surface area (Å²) < 4.78 is 2.00. The Morgan fingerprint density at radius 2 is 1.90 bits per heavy atom. The fourth-order valence-corrected chi connectivity index (χ4v) is 4.09. The zero-order valence-corrected chi connectivity index (χ0v) is 16.9. The van der Waals surface area contributed by atoms with Crippen LogP contribution in [0.15, 0.2) is 73.3 Å². The lowest BCUT2D eigenvalue weighted by molar-refractivity contribution is -0.115. The first-order valence-electron chi connectivity index (χ1n) is 10.4. The van der Waals surface area contributed by atoms with Gasteiger partial charge >= 0.3 is 0 Å². The number of aromatic nitrogens is 3. The summed E-state index contributed by atoms with van der Waals surface area (Å²) in [5.74, 6) is 0.371. The molecule has 7 nitrogen and oxygen atoms in total. The van der Waals surface area contributed by atoms with Crippen LogP contribution in [0.25, 0.3) is 10.8 Å². The van der Waals surface area contributed by atoms with Gasteiger partial charge in [-0.2, -0.15) is 0 Å². The van der Waals surface area contributed by atoms with Crippen molar-refractivity contribution in [2.45, 2.75) is 31.3 Å². The summed E-state index contributed by atoms with van der Waals surface area (Å²) in [6.45, 7) is 0. The van der Waals surface area contributed by atoms with Crippen molar-refractivity contribution in [2.75, 3.05) is 5.32 Å². The predicted octanol–water partition coefficient (Wildman–Crippen LogP) is 3.68. The highest BCUT2D eigenvalue weighted by molar-refractivity contribution is 5.95. The van der Waals surface area contributed by atoms with E-state index < -0.39 is 0 Å². The Balaban J connectivity index is 1.15. The number of aromatic amines is 1. The molecule has 1 fully saturated rings. The Morgan fingerprint density at radius 1 is 1.06 bits per heavy atom. The maximum Gasteiger partial charge on any atom is 0.267 e. The minimum Gasteiger partial charge on any atom is -0.357 e. The van der Waals surface area contributed by atoms with Gasteiger partial charge in [0.1, 0.15) is 5.69 Å². The Kier molecular flexibility index (Phi) is 5.00. The van der Waals surface area contributed by atoms with E-state index in [-0.39, 0.29) is 23.9 Å². The van der Waals surface area contributed by atoms with Gasteiger partial charge in [0.05, 0.1) is 12.7 Å². The van der Waals surface area contributed by atoms with Gasteiger partial charge in [-0.1, -0.05) is 42.5 Å². The summed E-state index contributed by atoms with van der Waals surface area (Å²) in [5.41, 5.74) is 1.57. The van der Waals surface area contributed by atoms with E-state index in [4.69, 9.17) is 0 Å². The van der Waals surface area contributed by atoms with E-state index in [0.717, 1.165) is 29.2 Å². The van der Waals surface area contributed by atoms with Gasteiger partial charge in [-0.05, 0) is 41.3 Å². The lowest BCUT2D eigenvalue weighted by atomic mass is 9.86. The van der Waals surface area contributed by atoms with E-state index in [1.54, 1.807) is 24.7 Å². The predicted molar refractivity (Wildman–Crippen MR) is 119 cm³/mol. The van der Waals surface area contributed by atoms with Gasteiger partial charge in [-0.3, -0.25) is 9.59 Å². The van der Waals surface area contributed by atoms with E-state index in [9.17, 15) is 9.59 Å². The van der Waals surface area contributed by atoms with E-state index in [1.165, 1.54) is 0 Å². The van der Waals surface area contributed by atoms with Gasteiger partial charge in [0.15, 0.2) is 5.82 Å². The Hall–Kier alpha value is -3.87. The second-order valence-electron chi connectivity index (χ2n) is 7.95. The lowest BCUT2D eigenvalue weighted by Gasteiger charge is -2.36. The van der Waals surface area contributed by atoms with Crippen LogP contribution in [0.1, 0.15) is 34.9 Å². The number of hydrogen-bond donors (Lipinski definition) is 3. The molecule has 5 rings (SSSR count). The quantitative estimate of drug-likeness (QED) is 0.450. The van der Waals surface area contributed by atoms with Gasteiger partial charge in [0.25, 0.3) is 5.91 Å². The third-order valence-electron chi connectivity index (χ3n) is 5.81. The van der Waals surface area contributed by atoms with E-state index in [1.807, 2.05) is 53.2 Å². The number of nitrogens with zero attached hydrogens (tertiary/aromatic N) is 2. The van der Waals surface area contributed by atoms with Crippen LogP contribution in [0, 0.1) is 0 Å². The molecule has 156 valence electrons. The van der Waals surface area contributed by atoms with Crippen molar-refractivity contribution >= 4 is 28.4 Å². The Morgan fingerprint density at radius 3 is 2.74 bits per heavy atom. The average Bonchev–Trinajstić information content (AvgIpc) is 3.43. The Labute approximate surface area is 179 Å². The lowest BCUT2D eigenvalue weighted by Crippen LogP contribution is -2.44. The van der Waals surface area contributed by atoms with Crippen molar-refractivity contribution in [3.05, 3.63) is 84.6 Å². The van der Waals surface area contributed by atoms with Crippen molar-refractivity contribution in [3.63, 3.8) is 0 Å². The summed E-state index contributed by atoms with van der Waals surface area (Å²) >= 11 is 0. The van der Waals surface area contributed by atoms with Crippen LogP contribution in [0.2, 0.25) is 0 Å². The van der Waals surface area contributed by atoms with Gasteiger partial charge in [-0.25, -0.2) is 4.98 Å². The summed E-state index contributed by atoms with van der Waals surface area (Å²) in [7, 11) is 0. The number of hydrogen-bond acceptors (Lipinski definition) is 3. The molecule has 2 aromatic carbocycles. The van der Waals surface area contributed by atoms with Crippen LogP contribution in [-0.2, 0) is 11.2 Å². The third kappa shape index (κ3) is 4.07. The summed E-state index contributed by atoms with van der Waals surface area (Å²) in [4.78, 5) is 31.9. The number of carbonyl (C=O) groups excluding carboxylic acids is 2. The average molecular weight is 413 g/mol. The maximum atomic E-state index is 12.6. The highest BCUT2D eigenvalue weighted by Crippen LogP contribution is 2.33. The molecule has 0 atom stereocenters. The van der Waals surface area contributed by atoms with Crippen LogP contribution in [-0.4, -0.2) is 32.4 Å². The van der Waals surface area contributed by atoms with E-state index in [0.29, 0.717) is 17.9 Å². The van der Waals surface area contributed by atoms with E-state index >= 15 is 0 Å². The molecule has 2 amide bonds. The molecule has 31 heavy (non-hydrogen) atoms. The topological polar surface area (TPSA) is 91.8 Å². The van der Waals surface area contributed by atoms with Crippen molar-refractivity contribution in [2.24, 2.45) is 0 Å². The molecule has 0 saturated heterocycles. The van der Waals surface area contributed by atoms with Crippen LogP contribution >= 0.6 is 0 Å². The molecule has 1 saturated carbocycles. The fourth-order valence-electron chi connectivity index (χ4n) is 4.09. The first-order chi connectivity index (χ1) is 15.2. The zero-order valence-electron chi connectivity index (χ0n) is 16.9. The third-order valence-corrected chi connectivity index (χ3v) is 5.81. The molecule has 3 N–H and O–H groups in total. The number of rotatable bonds is 6. The number of H-pyrrole nitrogens is 1. The van der Waals surface area contributed by atoms with Crippen LogP contribution in [0.4, 0.5) is 5.82 Å². The maximum absolute atomic E-state index is 12.6. The molecule has 0 bridgehead atoms. The second kappa shape index (κ2) is 8.10. The van der Waals surface area contributed by atoms with Gasteiger partial charge < -0.3 is 20.2 Å². The molecule has 0 unspecified atom stereocenters. The fraction of sp³-hybridized carbons (Fsp3) is 0.208. The molecule has 4 aromatic rings. The van der Waals surface area contributed by atoms with Gasteiger partial charge in [0.2, 0.25) is 5.91 Å². The van der Waals surface area contributed by atoms with Crippen molar-refractivity contribution in [1.82, 2.24) is 19.9 Å². The SMILES string of the molecule is O=C(Cc1cccc2ccccc12)Nc1cn(C2CC(NC(=O)c3ccc[nH]3)C2)cn1. The molecule has 0 spiro atoms.